The summed E-state index contributed by atoms with van der Waals surface area (Å²) >= 11 is 0. The average Bonchev–Trinajstić information content (AvgIpc) is 3.10. The number of alkyl halides is 1. The van der Waals surface area contributed by atoms with Crippen LogP contribution >= 0.6 is 0 Å². The summed E-state index contributed by atoms with van der Waals surface area (Å²) in [5, 5.41) is 12.1. The Labute approximate surface area is 160 Å². The van der Waals surface area contributed by atoms with Gasteiger partial charge in [0.2, 0.25) is 23.3 Å². The van der Waals surface area contributed by atoms with Crippen LogP contribution in [0.1, 0.15) is 42.9 Å². The van der Waals surface area contributed by atoms with Crippen molar-refractivity contribution in [1.29, 1.82) is 0 Å². The summed E-state index contributed by atoms with van der Waals surface area (Å²) in [7, 11) is 1.60. The first-order valence-corrected chi connectivity index (χ1v) is 9.35. The largest absolute Gasteiger partial charge is 0.497 e. The number of methoxy groups -OCH3 is 1. The van der Waals surface area contributed by atoms with Crippen LogP contribution in [0.25, 0.3) is 11.4 Å². The first-order valence-electron chi connectivity index (χ1n) is 9.35. The van der Waals surface area contributed by atoms with Crippen LogP contribution in [0.5, 0.6) is 5.75 Å². The van der Waals surface area contributed by atoms with E-state index >= 15 is 4.39 Å². The lowest BCUT2D eigenvalue weighted by Gasteiger charge is -2.15. The minimum Gasteiger partial charge on any atom is -0.497 e. The highest BCUT2D eigenvalue weighted by atomic mass is 19.1. The molecule has 8 nitrogen and oxygen atoms in total. The van der Waals surface area contributed by atoms with Crippen molar-refractivity contribution in [2.75, 3.05) is 20.2 Å². The first kappa shape index (κ1) is 17.3. The molecule has 9 heteroatoms. The van der Waals surface area contributed by atoms with Gasteiger partial charge in [0.05, 0.1) is 13.7 Å². The molecule has 1 aliphatic heterocycles. The number of benzene rings is 1. The Kier molecular flexibility index (Phi) is 4.12. The number of likely N-dealkylation sites (tertiary alicyclic amines) is 1. The summed E-state index contributed by atoms with van der Waals surface area (Å²) in [5.74, 6) is 2.73. The van der Waals surface area contributed by atoms with Gasteiger partial charge in [-0.3, -0.25) is 4.90 Å². The second-order valence-corrected chi connectivity index (χ2v) is 7.39. The molecule has 0 N–H and O–H groups in total. The predicted octanol–water partition coefficient (Wildman–Crippen LogP) is 3.08. The standard InChI is InChI=1S/C19H20FN5O3/c1-26-14-6-4-12(5-7-14)16-21-18(28-24-16)19(20)8-9-25(11-19)10-15-22-23-17(27-15)13-2-3-13/h4-7,13H,2-3,8-11H2,1H3. The highest BCUT2D eigenvalue weighted by Gasteiger charge is 2.45. The van der Waals surface area contributed by atoms with Crippen LogP contribution in [-0.4, -0.2) is 45.4 Å². The van der Waals surface area contributed by atoms with E-state index in [1.54, 1.807) is 19.2 Å². The molecule has 1 saturated carbocycles. The van der Waals surface area contributed by atoms with Gasteiger partial charge in [-0.25, -0.2) is 4.39 Å². The summed E-state index contributed by atoms with van der Waals surface area (Å²) < 4.78 is 31.5. The quantitative estimate of drug-likeness (QED) is 0.639. The molecule has 2 aromatic heterocycles. The molecule has 1 unspecified atom stereocenters. The van der Waals surface area contributed by atoms with E-state index in [2.05, 4.69) is 20.3 Å². The van der Waals surface area contributed by atoms with Crippen molar-refractivity contribution >= 4 is 0 Å². The fourth-order valence-electron chi connectivity index (χ4n) is 3.44. The van der Waals surface area contributed by atoms with Crippen molar-refractivity contribution < 1.29 is 18.1 Å². The normalized spacial score (nSPS) is 22.6. The van der Waals surface area contributed by atoms with Crippen LogP contribution in [0.2, 0.25) is 0 Å². The topological polar surface area (TPSA) is 90.3 Å². The fourth-order valence-corrected chi connectivity index (χ4v) is 3.44. The van der Waals surface area contributed by atoms with Crippen LogP contribution < -0.4 is 4.74 Å². The molecule has 0 spiro atoms. The van der Waals surface area contributed by atoms with Crippen LogP contribution in [0, 0.1) is 0 Å². The summed E-state index contributed by atoms with van der Waals surface area (Å²) in [6.07, 6.45) is 2.49. The van der Waals surface area contributed by atoms with Crippen LogP contribution in [0.15, 0.2) is 33.2 Å². The molecule has 1 saturated heterocycles. The lowest BCUT2D eigenvalue weighted by molar-refractivity contribution is 0.113. The van der Waals surface area contributed by atoms with E-state index in [9.17, 15) is 0 Å². The Hall–Kier alpha value is -2.81. The number of hydrogen-bond acceptors (Lipinski definition) is 8. The molecule has 3 heterocycles. The summed E-state index contributed by atoms with van der Waals surface area (Å²) in [6, 6.07) is 7.22. The third kappa shape index (κ3) is 3.26. The third-order valence-electron chi connectivity index (χ3n) is 5.22. The average molecular weight is 385 g/mol. The van der Waals surface area contributed by atoms with Crippen LogP contribution in [0.4, 0.5) is 4.39 Å². The Bertz CT molecular complexity index is 968. The molecule has 1 atom stereocenters. The number of rotatable bonds is 6. The van der Waals surface area contributed by atoms with Crippen molar-refractivity contribution in [1.82, 2.24) is 25.2 Å². The van der Waals surface area contributed by atoms with Gasteiger partial charge in [-0.15, -0.1) is 10.2 Å². The molecule has 28 heavy (non-hydrogen) atoms. The number of ether oxygens (including phenoxy) is 1. The maximum absolute atomic E-state index is 15.5. The zero-order valence-electron chi connectivity index (χ0n) is 15.5. The molecule has 0 amide bonds. The van der Waals surface area contributed by atoms with Gasteiger partial charge in [0.25, 0.3) is 5.89 Å². The van der Waals surface area contributed by atoms with Gasteiger partial charge in [0.1, 0.15) is 5.75 Å². The second-order valence-electron chi connectivity index (χ2n) is 7.39. The third-order valence-corrected chi connectivity index (χ3v) is 5.22. The molecule has 1 aromatic carbocycles. The number of halogens is 1. The number of hydrogen-bond donors (Lipinski definition) is 0. The summed E-state index contributed by atoms with van der Waals surface area (Å²) in [6.45, 7) is 1.13. The predicted molar refractivity (Wildman–Crippen MR) is 95.2 cm³/mol. The van der Waals surface area contributed by atoms with Gasteiger partial charge in [-0.1, -0.05) is 5.16 Å². The maximum Gasteiger partial charge on any atom is 0.266 e. The van der Waals surface area contributed by atoms with Crippen LogP contribution in [-0.2, 0) is 12.2 Å². The van der Waals surface area contributed by atoms with Gasteiger partial charge in [-0.05, 0) is 37.1 Å². The molecule has 0 radical (unpaired) electrons. The van der Waals surface area contributed by atoms with E-state index in [1.165, 1.54) is 0 Å². The molecule has 146 valence electrons. The maximum atomic E-state index is 15.5. The Balaban J connectivity index is 1.27. The molecule has 2 aliphatic rings. The SMILES string of the molecule is COc1ccc(-c2noc(C3(F)CCN(Cc4nnc(C5CC5)o4)C3)n2)cc1. The smallest absolute Gasteiger partial charge is 0.266 e. The minimum atomic E-state index is -1.68. The van der Waals surface area contributed by atoms with E-state index < -0.39 is 5.67 Å². The van der Waals surface area contributed by atoms with Crippen molar-refractivity contribution in [3.63, 3.8) is 0 Å². The second kappa shape index (κ2) is 6.66. The van der Waals surface area contributed by atoms with Crippen molar-refractivity contribution in [3.8, 4) is 17.1 Å². The lowest BCUT2D eigenvalue weighted by atomic mass is 10.1. The molecule has 3 aromatic rings. The van der Waals surface area contributed by atoms with Gasteiger partial charge in [0, 0.05) is 31.0 Å². The van der Waals surface area contributed by atoms with E-state index in [0.717, 1.165) is 24.2 Å². The molecule has 2 fully saturated rings. The van der Waals surface area contributed by atoms with Crippen molar-refractivity contribution in [2.45, 2.75) is 37.4 Å². The Morgan fingerprint density at radius 1 is 1.25 bits per heavy atom. The van der Waals surface area contributed by atoms with E-state index in [1.807, 2.05) is 17.0 Å². The monoisotopic (exact) mass is 385 g/mol. The molecule has 0 bridgehead atoms. The minimum absolute atomic E-state index is 0.00464. The Morgan fingerprint density at radius 2 is 2.07 bits per heavy atom. The highest BCUT2D eigenvalue weighted by Crippen LogP contribution is 2.40. The summed E-state index contributed by atoms with van der Waals surface area (Å²) in [5.41, 5.74) is -0.940. The van der Waals surface area contributed by atoms with E-state index in [0.29, 0.717) is 36.6 Å². The Morgan fingerprint density at radius 3 is 2.82 bits per heavy atom. The fraction of sp³-hybridized carbons (Fsp3) is 0.474. The van der Waals surface area contributed by atoms with Crippen molar-refractivity contribution in [3.05, 3.63) is 41.9 Å². The van der Waals surface area contributed by atoms with E-state index in [-0.39, 0.29) is 18.9 Å². The highest BCUT2D eigenvalue weighted by molar-refractivity contribution is 5.55. The lowest BCUT2D eigenvalue weighted by Crippen LogP contribution is -2.27. The number of aromatic nitrogens is 4. The summed E-state index contributed by atoms with van der Waals surface area (Å²) in [4.78, 5) is 6.23. The van der Waals surface area contributed by atoms with Gasteiger partial charge >= 0.3 is 0 Å². The van der Waals surface area contributed by atoms with Crippen LogP contribution in [0.3, 0.4) is 0 Å². The zero-order valence-corrected chi connectivity index (χ0v) is 15.5. The molecular weight excluding hydrogens is 365 g/mol. The van der Waals surface area contributed by atoms with Gasteiger partial charge in [-0.2, -0.15) is 4.98 Å². The molecule has 1 aliphatic carbocycles. The zero-order chi connectivity index (χ0) is 19.1. The van der Waals surface area contributed by atoms with Crippen molar-refractivity contribution in [2.24, 2.45) is 0 Å². The van der Waals surface area contributed by atoms with Gasteiger partial charge in [0.15, 0.2) is 0 Å². The molecular formula is C19H20FN5O3. The number of nitrogens with zero attached hydrogens (tertiary/aromatic N) is 5. The van der Waals surface area contributed by atoms with E-state index in [4.69, 9.17) is 13.7 Å². The first-order chi connectivity index (χ1) is 13.6. The molecule has 5 rings (SSSR count). The van der Waals surface area contributed by atoms with Gasteiger partial charge < -0.3 is 13.7 Å².